The van der Waals surface area contributed by atoms with E-state index in [9.17, 15) is 4.79 Å². The molecule has 0 spiro atoms. The Kier molecular flexibility index (Phi) is 5.97. The number of aliphatic hydroxyl groups is 2. The van der Waals surface area contributed by atoms with Crippen LogP contribution in [-0.2, 0) is 4.79 Å². The Labute approximate surface area is 64.6 Å². The molecule has 0 aliphatic carbocycles. The minimum absolute atomic E-state index is 0. The van der Waals surface area contributed by atoms with Gasteiger partial charge in [0.15, 0.2) is 0 Å². The molecule has 0 amide bonds. The van der Waals surface area contributed by atoms with E-state index in [0.29, 0.717) is 0 Å². The van der Waals surface area contributed by atoms with E-state index < -0.39 is 24.6 Å². The van der Waals surface area contributed by atoms with Crippen molar-refractivity contribution in [2.75, 3.05) is 13.2 Å². The average molecular weight is 166 g/mol. The maximum Gasteiger partial charge on any atom is 0.314 e. The van der Waals surface area contributed by atoms with Crippen LogP contribution in [0.15, 0.2) is 0 Å². The first-order chi connectivity index (χ1) is 4.63. The van der Waals surface area contributed by atoms with Crippen LogP contribution in [-0.4, -0.2) is 40.0 Å². The van der Waals surface area contributed by atoms with Gasteiger partial charge in [-0.3, -0.25) is 4.79 Å². The fraction of sp³-hybridized carbons (Fsp3) is 0.833. The molecule has 0 fully saturated rings. The Morgan fingerprint density at radius 1 is 1.36 bits per heavy atom. The SMILES string of the molecule is CCC(CO)(CO)C(=O)O.O. The maximum absolute atomic E-state index is 10.4. The largest absolute Gasteiger partial charge is 0.481 e. The first kappa shape index (κ1) is 13.0. The van der Waals surface area contributed by atoms with Gasteiger partial charge < -0.3 is 20.8 Å². The third kappa shape index (κ3) is 2.45. The predicted molar refractivity (Wildman–Crippen MR) is 38.1 cm³/mol. The minimum Gasteiger partial charge on any atom is -0.481 e. The van der Waals surface area contributed by atoms with Gasteiger partial charge in [-0.15, -0.1) is 0 Å². The van der Waals surface area contributed by atoms with Gasteiger partial charge in [-0.05, 0) is 6.42 Å². The van der Waals surface area contributed by atoms with E-state index in [2.05, 4.69) is 0 Å². The number of carboxylic acids is 1. The van der Waals surface area contributed by atoms with Crippen molar-refractivity contribution in [3.05, 3.63) is 0 Å². The number of hydrogen-bond acceptors (Lipinski definition) is 3. The first-order valence-electron chi connectivity index (χ1n) is 3.08. The third-order valence-electron chi connectivity index (χ3n) is 1.74. The van der Waals surface area contributed by atoms with Crippen molar-refractivity contribution in [1.82, 2.24) is 0 Å². The van der Waals surface area contributed by atoms with Gasteiger partial charge in [0, 0.05) is 0 Å². The van der Waals surface area contributed by atoms with Crippen molar-refractivity contribution in [3.8, 4) is 0 Å². The van der Waals surface area contributed by atoms with E-state index in [4.69, 9.17) is 15.3 Å². The fourth-order valence-electron chi connectivity index (χ4n) is 0.560. The van der Waals surface area contributed by atoms with Crippen LogP contribution in [0.5, 0.6) is 0 Å². The van der Waals surface area contributed by atoms with Gasteiger partial charge in [-0.1, -0.05) is 6.92 Å². The molecular formula is C6H14O5. The number of carbonyl (C=O) groups is 1. The van der Waals surface area contributed by atoms with Crippen LogP contribution >= 0.6 is 0 Å². The molecule has 5 heteroatoms. The molecular weight excluding hydrogens is 152 g/mol. The van der Waals surface area contributed by atoms with Crippen LogP contribution in [0, 0.1) is 5.41 Å². The summed E-state index contributed by atoms with van der Waals surface area (Å²) in [5, 5.41) is 25.7. The Balaban J connectivity index is 0. The molecule has 5 nitrogen and oxygen atoms in total. The van der Waals surface area contributed by atoms with Crippen molar-refractivity contribution < 1.29 is 25.6 Å². The molecule has 0 rings (SSSR count). The molecule has 0 radical (unpaired) electrons. The summed E-state index contributed by atoms with van der Waals surface area (Å²) in [6.45, 7) is 0.575. The Morgan fingerprint density at radius 2 is 1.73 bits per heavy atom. The summed E-state index contributed by atoms with van der Waals surface area (Å²) in [5.74, 6) is -1.15. The van der Waals surface area contributed by atoms with Gasteiger partial charge in [-0.2, -0.15) is 0 Å². The molecule has 0 aromatic rings. The van der Waals surface area contributed by atoms with Crippen molar-refractivity contribution in [1.29, 1.82) is 0 Å². The number of hydrogen-bond donors (Lipinski definition) is 3. The molecule has 0 aromatic heterocycles. The number of rotatable bonds is 4. The molecule has 0 bridgehead atoms. The molecule has 0 heterocycles. The summed E-state index contributed by atoms with van der Waals surface area (Å²) in [6.07, 6.45) is 0.231. The van der Waals surface area contributed by atoms with Crippen LogP contribution < -0.4 is 0 Å². The lowest BCUT2D eigenvalue weighted by Crippen LogP contribution is -2.37. The maximum atomic E-state index is 10.4. The number of aliphatic hydroxyl groups excluding tert-OH is 2. The molecule has 0 saturated carbocycles. The zero-order valence-electron chi connectivity index (χ0n) is 6.37. The summed E-state index contributed by atoms with van der Waals surface area (Å²) < 4.78 is 0. The summed E-state index contributed by atoms with van der Waals surface area (Å²) in [5.41, 5.74) is -1.35. The van der Waals surface area contributed by atoms with E-state index >= 15 is 0 Å². The quantitative estimate of drug-likeness (QED) is 0.478. The molecule has 0 unspecified atom stereocenters. The molecule has 5 N–H and O–H groups in total. The van der Waals surface area contributed by atoms with Gasteiger partial charge in [0.2, 0.25) is 0 Å². The third-order valence-corrected chi connectivity index (χ3v) is 1.74. The van der Waals surface area contributed by atoms with E-state index in [0.717, 1.165) is 0 Å². The average Bonchev–Trinajstić information content (AvgIpc) is 1.92. The summed E-state index contributed by atoms with van der Waals surface area (Å²) in [4.78, 5) is 10.4. The molecule has 0 aliphatic heterocycles. The fourth-order valence-corrected chi connectivity index (χ4v) is 0.560. The van der Waals surface area contributed by atoms with Crippen LogP contribution in [0.3, 0.4) is 0 Å². The Hall–Kier alpha value is -0.650. The molecule has 0 aliphatic rings. The smallest absolute Gasteiger partial charge is 0.314 e. The van der Waals surface area contributed by atoms with Crippen LogP contribution in [0.25, 0.3) is 0 Å². The lowest BCUT2D eigenvalue weighted by Gasteiger charge is -2.21. The monoisotopic (exact) mass is 166 g/mol. The molecule has 0 aromatic carbocycles. The number of aliphatic carboxylic acids is 1. The minimum atomic E-state index is -1.35. The topological polar surface area (TPSA) is 109 Å². The molecule has 0 saturated heterocycles. The second-order valence-electron chi connectivity index (χ2n) is 2.26. The van der Waals surface area contributed by atoms with Gasteiger partial charge in [0.05, 0.1) is 13.2 Å². The lowest BCUT2D eigenvalue weighted by molar-refractivity contribution is -0.154. The van der Waals surface area contributed by atoms with Crippen LogP contribution in [0.2, 0.25) is 0 Å². The second kappa shape index (κ2) is 5.06. The summed E-state index contributed by atoms with van der Waals surface area (Å²) in [7, 11) is 0. The van der Waals surface area contributed by atoms with Gasteiger partial charge in [-0.25, -0.2) is 0 Å². The highest BCUT2D eigenvalue weighted by Gasteiger charge is 2.35. The van der Waals surface area contributed by atoms with Crippen molar-refractivity contribution >= 4 is 5.97 Å². The van der Waals surface area contributed by atoms with Crippen molar-refractivity contribution in [2.24, 2.45) is 5.41 Å². The standard InChI is InChI=1S/C6H12O4.H2O/c1-2-6(3-7,4-8)5(9)10;/h7-8H,2-4H2,1H3,(H,9,10);1H2. The van der Waals surface area contributed by atoms with Gasteiger partial charge in [0.25, 0.3) is 0 Å². The highest BCUT2D eigenvalue weighted by atomic mass is 16.4. The van der Waals surface area contributed by atoms with E-state index in [1.807, 2.05) is 0 Å². The van der Waals surface area contributed by atoms with Gasteiger partial charge >= 0.3 is 5.97 Å². The lowest BCUT2D eigenvalue weighted by atomic mass is 9.87. The van der Waals surface area contributed by atoms with E-state index in [1.165, 1.54) is 0 Å². The molecule has 68 valence electrons. The second-order valence-corrected chi connectivity index (χ2v) is 2.26. The molecule has 0 atom stereocenters. The van der Waals surface area contributed by atoms with Crippen molar-refractivity contribution in [3.63, 3.8) is 0 Å². The van der Waals surface area contributed by atoms with Crippen molar-refractivity contribution in [2.45, 2.75) is 13.3 Å². The number of carboxylic acid groups (broad SMARTS) is 1. The van der Waals surface area contributed by atoms with Gasteiger partial charge in [0.1, 0.15) is 5.41 Å². The highest BCUT2D eigenvalue weighted by Crippen LogP contribution is 2.19. The highest BCUT2D eigenvalue weighted by molar-refractivity contribution is 5.74. The zero-order chi connectivity index (χ0) is 8.20. The summed E-state index contributed by atoms with van der Waals surface area (Å²) in [6, 6.07) is 0. The normalized spacial score (nSPS) is 10.5. The zero-order valence-corrected chi connectivity index (χ0v) is 6.37. The first-order valence-corrected chi connectivity index (χ1v) is 3.08. The van der Waals surface area contributed by atoms with Crippen LogP contribution in [0.4, 0.5) is 0 Å². The van der Waals surface area contributed by atoms with Crippen LogP contribution in [0.1, 0.15) is 13.3 Å². The Morgan fingerprint density at radius 3 is 1.73 bits per heavy atom. The van der Waals surface area contributed by atoms with E-state index in [-0.39, 0.29) is 11.9 Å². The van der Waals surface area contributed by atoms with E-state index in [1.54, 1.807) is 6.92 Å². The Bertz CT molecular complexity index is 110. The predicted octanol–water partition coefficient (Wildman–Crippen LogP) is -1.37. The summed E-state index contributed by atoms with van der Waals surface area (Å²) >= 11 is 0. The molecule has 11 heavy (non-hydrogen) atoms.